The predicted molar refractivity (Wildman–Crippen MR) is 69.0 cm³/mol. The molecule has 8 heteroatoms. The van der Waals surface area contributed by atoms with Gasteiger partial charge >= 0.3 is 5.69 Å². The summed E-state index contributed by atoms with van der Waals surface area (Å²) in [5.41, 5.74) is -1.31. The van der Waals surface area contributed by atoms with Crippen LogP contribution < -0.4 is 16.6 Å². The van der Waals surface area contributed by atoms with E-state index in [0.29, 0.717) is 0 Å². The van der Waals surface area contributed by atoms with Gasteiger partial charge in [-0.15, -0.1) is 5.10 Å². The molecule has 0 saturated carbocycles. The van der Waals surface area contributed by atoms with Gasteiger partial charge < -0.3 is 10.2 Å². The minimum atomic E-state index is -0.675. The first-order valence-electron chi connectivity index (χ1n) is 6.32. The van der Waals surface area contributed by atoms with Gasteiger partial charge in [0, 0.05) is 13.1 Å². The van der Waals surface area contributed by atoms with Crippen molar-refractivity contribution in [1.82, 2.24) is 20.1 Å². The number of nitrogens with one attached hydrogen (secondary N) is 3. The normalized spacial score (nSPS) is 17.0. The Hall–Kier alpha value is -2.12. The van der Waals surface area contributed by atoms with Gasteiger partial charge in [-0.25, -0.2) is 9.89 Å². The highest BCUT2D eigenvalue weighted by Gasteiger charge is 2.22. The highest BCUT2D eigenvalue weighted by molar-refractivity contribution is 5.84. The summed E-state index contributed by atoms with van der Waals surface area (Å²) in [6, 6.07) is -0.558. The van der Waals surface area contributed by atoms with Crippen molar-refractivity contribution in [2.45, 2.75) is 32.2 Å². The molecule has 1 atom stereocenters. The van der Waals surface area contributed by atoms with Gasteiger partial charge in [0.15, 0.2) is 0 Å². The molecule has 19 heavy (non-hydrogen) atoms. The van der Waals surface area contributed by atoms with Crippen LogP contribution in [0.5, 0.6) is 0 Å². The number of H-pyrrole nitrogens is 2. The van der Waals surface area contributed by atoms with Gasteiger partial charge in [-0.05, 0) is 26.2 Å². The molecule has 2 rings (SSSR count). The second-order valence-electron chi connectivity index (χ2n) is 4.61. The number of hydrogen-bond donors (Lipinski definition) is 3. The molecule has 1 fully saturated rings. The number of nitrogens with zero attached hydrogens (tertiary/aromatic N) is 2. The van der Waals surface area contributed by atoms with E-state index in [2.05, 4.69) is 15.5 Å². The second-order valence-corrected chi connectivity index (χ2v) is 4.61. The Kier molecular flexibility index (Phi) is 3.98. The fraction of sp³-hybridized carbons (Fsp3) is 0.636. The fourth-order valence-corrected chi connectivity index (χ4v) is 2.10. The molecule has 1 saturated heterocycles. The van der Waals surface area contributed by atoms with Crippen LogP contribution in [0.1, 0.15) is 26.2 Å². The van der Waals surface area contributed by atoms with Crippen molar-refractivity contribution in [2.24, 2.45) is 0 Å². The number of rotatable bonds is 3. The van der Waals surface area contributed by atoms with Crippen molar-refractivity contribution in [2.75, 3.05) is 18.4 Å². The summed E-state index contributed by atoms with van der Waals surface area (Å²) in [6.45, 7) is 3.17. The van der Waals surface area contributed by atoms with E-state index in [9.17, 15) is 14.4 Å². The van der Waals surface area contributed by atoms with E-state index in [1.807, 2.05) is 4.98 Å². The lowest BCUT2D eigenvalue weighted by Gasteiger charge is -2.29. The molecule has 0 aliphatic carbocycles. The van der Waals surface area contributed by atoms with Crippen LogP contribution in [0, 0.1) is 0 Å². The summed E-state index contributed by atoms with van der Waals surface area (Å²) in [4.78, 5) is 38.2. The molecule has 1 aromatic heterocycles. The first kappa shape index (κ1) is 13.3. The maximum absolute atomic E-state index is 12.1. The quantitative estimate of drug-likeness (QED) is 0.668. The minimum Gasteiger partial charge on any atom is -0.353 e. The maximum Gasteiger partial charge on any atom is 0.342 e. The first-order chi connectivity index (χ1) is 9.08. The summed E-state index contributed by atoms with van der Waals surface area (Å²) >= 11 is 0. The molecule has 1 aromatic rings. The zero-order valence-electron chi connectivity index (χ0n) is 10.7. The highest BCUT2D eigenvalue weighted by atomic mass is 16.2. The van der Waals surface area contributed by atoms with E-state index in [1.165, 1.54) is 0 Å². The van der Waals surface area contributed by atoms with Crippen LogP contribution in [-0.4, -0.2) is 45.1 Å². The molecule has 0 bridgehead atoms. The lowest BCUT2D eigenvalue weighted by molar-refractivity contribution is -0.132. The van der Waals surface area contributed by atoms with E-state index < -0.39 is 17.3 Å². The third-order valence-corrected chi connectivity index (χ3v) is 3.10. The molecule has 1 amide bonds. The molecule has 8 nitrogen and oxygen atoms in total. The van der Waals surface area contributed by atoms with Gasteiger partial charge in [0.05, 0.1) is 0 Å². The van der Waals surface area contributed by atoms with Crippen LogP contribution in [-0.2, 0) is 4.79 Å². The van der Waals surface area contributed by atoms with Crippen LogP contribution in [0.25, 0.3) is 0 Å². The van der Waals surface area contributed by atoms with E-state index in [4.69, 9.17) is 0 Å². The summed E-state index contributed by atoms with van der Waals surface area (Å²) in [7, 11) is 0. The van der Waals surface area contributed by atoms with Crippen LogP contribution in [0.2, 0.25) is 0 Å². The zero-order chi connectivity index (χ0) is 13.8. The number of aromatic nitrogens is 3. The van der Waals surface area contributed by atoms with Crippen LogP contribution >= 0.6 is 0 Å². The highest BCUT2D eigenvalue weighted by Crippen LogP contribution is 2.10. The number of amides is 1. The largest absolute Gasteiger partial charge is 0.353 e. The minimum absolute atomic E-state index is 0.0579. The van der Waals surface area contributed by atoms with Crippen molar-refractivity contribution in [3.8, 4) is 0 Å². The molecule has 0 radical (unpaired) electrons. The number of carbonyl (C=O) groups is 1. The molecule has 3 N–H and O–H groups in total. The van der Waals surface area contributed by atoms with Crippen molar-refractivity contribution >= 4 is 11.7 Å². The monoisotopic (exact) mass is 267 g/mol. The lowest BCUT2D eigenvalue weighted by atomic mass is 10.1. The molecule has 0 aromatic carbocycles. The van der Waals surface area contributed by atoms with E-state index >= 15 is 0 Å². The summed E-state index contributed by atoms with van der Waals surface area (Å²) in [5, 5.41) is 8.42. The zero-order valence-corrected chi connectivity index (χ0v) is 10.7. The number of hydrogen-bond acceptors (Lipinski definition) is 5. The third kappa shape index (κ3) is 3.21. The van der Waals surface area contributed by atoms with Gasteiger partial charge in [-0.1, -0.05) is 0 Å². The van der Waals surface area contributed by atoms with Crippen LogP contribution in [0.3, 0.4) is 0 Å². The smallest absolute Gasteiger partial charge is 0.342 e. The second kappa shape index (κ2) is 5.68. The number of carbonyl (C=O) groups excluding carboxylic acids is 1. The molecular formula is C11H17N5O3. The van der Waals surface area contributed by atoms with Gasteiger partial charge in [0.25, 0.3) is 5.56 Å². The standard InChI is InChI=1S/C11H17N5O3/c1-7(10(18)16-5-3-2-4-6-16)12-8-9(17)13-11(19)15-14-8/h7H,2-6H2,1H3,(H,12,14)(H2,13,15,17,19). The summed E-state index contributed by atoms with van der Waals surface area (Å²) in [6.07, 6.45) is 3.17. The molecule has 1 aliphatic heterocycles. The van der Waals surface area contributed by atoms with E-state index in [1.54, 1.807) is 11.8 Å². The van der Waals surface area contributed by atoms with Crippen LogP contribution in [0.4, 0.5) is 5.82 Å². The third-order valence-electron chi connectivity index (χ3n) is 3.10. The molecule has 2 heterocycles. The number of piperidine rings is 1. The molecule has 0 spiro atoms. The van der Waals surface area contributed by atoms with Gasteiger partial charge in [0.2, 0.25) is 11.7 Å². The molecule has 104 valence electrons. The van der Waals surface area contributed by atoms with Gasteiger partial charge in [0.1, 0.15) is 6.04 Å². The molecule has 1 aliphatic rings. The van der Waals surface area contributed by atoms with E-state index in [-0.39, 0.29) is 11.7 Å². The Balaban J connectivity index is 2.03. The summed E-state index contributed by atoms with van der Waals surface area (Å²) < 4.78 is 0. The van der Waals surface area contributed by atoms with Gasteiger partial charge in [-0.3, -0.25) is 14.6 Å². The van der Waals surface area contributed by atoms with E-state index in [0.717, 1.165) is 32.4 Å². The van der Waals surface area contributed by atoms with Crippen molar-refractivity contribution in [3.63, 3.8) is 0 Å². The Bertz CT molecular complexity index is 558. The topological polar surface area (TPSA) is 111 Å². The predicted octanol–water partition coefficient (Wildman–Crippen LogP) is -0.729. The molecule has 1 unspecified atom stereocenters. The van der Waals surface area contributed by atoms with Gasteiger partial charge in [-0.2, -0.15) is 0 Å². The Morgan fingerprint density at radius 3 is 2.63 bits per heavy atom. The Morgan fingerprint density at radius 1 is 1.32 bits per heavy atom. The van der Waals surface area contributed by atoms with Crippen LogP contribution in [0.15, 0.2) is 9.59 Å². The lowest BCUT2D eigenvalue weighted by Crippen LogP contribution is -2.45. The fourth-order valence-electron chi connectivity index (χ4n) is 2.10. The van der Waals surface area contributed by atoms with Crippen molar-refractivity contribution < 1.29 is 4.79 Å². The van der Waals surface area contributed by atoms with Crippen molar-refractivity contribution in [3.05, 3.63) is 20.8 Å². The Labute approximate surface area is 109 Å². The number of aromatic amines is 2. The summed E-state index contributed by atoms with van der Waals surface area (Å²) in [5.74, 6) is -0.121. The SMILES string of the molecule is CC(Nc1n[nH]c(=O)[nH]c1=O)C(=O)N1CCCCC1. The Morgan fingerprint density at radius 2 is 2.00 bits per heavy atom. The number of likely N-dealkylation sites (tertiary alicyclic amines) is 1. The number of anilines is 1. The first-order valence-corrected chi connectivity index (χ1v) is 6.32. The maximum atomic E-state index is 12.1. The molecular weight excluding hydrogens is 250 g/mol. The van der Waals surface area contributed by atoms with Crippen molar-refractivity contribution in [1.29, 1.82) is 0 Å². The average Bonchev–Trinajstić information content (AvgIpc) is 2.42. The average molecular weight is 267 g/mol.